The van der Waals surface area contributed by atoms with Crippen LogP contribution >= 0.6 is 0 Å². The highest BCUT2D eigenvalue weighted by atomic mass is 16.5. The first kappa shape index (κ1) is 23.2. The average Bonchev–Trinajstić information content (AvgIpc) is 3.17. The van der Waals surface area contributed by atoms with Gasteiger partial charge in [0.05, 0.1) is 14.2 Å². The first-order valence-electron chi connectivity index (χ1n) is 13.2. The quantitative estimate of drug-likeness (QED) is 0.546. The van der Waals surface area contributed by atoms with Gasteiger partial charge in [-0.3, -0.25) is 4.79 Å². The topological polar surface area (TPSA) is 61.5 Å². The Hall–Kier alpha value is -1.55. The van der Waals surface area contributed by atoms with Gasteiger partial charge in [-0.25, -0.2) is 0 Å². The third kappa shape index (κ3) is 3.38. The van der Waals surface area contributed by atoms with Crippen LogP contribution in [0.2, 0.25) is 0 Å². The summed E-state index contributed by atoms with van der Waals surface area (Å²) >= 11 is 0. The van der Waals surface area contributed by atoms with Gasteiger partial charge in [-0.05, 0) is 98.0 Å². The fraction of sp³-hybridized carbons (Fsp3) is 0.759. The summed E-state index contributed by atoms with van der Waals surface area (Å²) < 4.78 is 10.9. The van der Waals surface area contributed by atoms with Gasteiger partial charge in [-0.15, -0.1) is 0 Å². The average molecular weight is 454 g/mol. The molecule has 0 aromatic heterocycles. The Balaban J connectivity index is 1.44. The molecule has 4 aliphatic rings. The molecular formula is C29H43NO3. The smallest absolute Gasteiger partial charge is 0.166 e. The van der Waals surface area contributed by atoms with Crippen LogP contribution in [0.15, 0.2) is 18.2 Å². The molecule has 0 bridgehead atoms. The lowest BCUT2D eigenvalue weighted by Crippen LogP contribution is -2.68. The second kappa shape index (κ2) is 8.00. The van der Waals surface area contributed by atoms with Crippen molar-refractivity contribution in [2.75, 3.05) is 14.2 Å². The van der Waals surface area contributed by atoms with Gasteiger partial charge < -0.3 is 15.2 Å². The minimum absolute atomic E-state index is 0.0240. The molecule has 0 radical (unpaired) electrons. The van der Waals surface area contributed by atoms with Crippen LogP contribution in [0.4, 0.5) is 0 Å². The lowest BCUT2D eigenvalue weighted by molar-refractivity contribution is -0.128. The highest BCUT2D eigenvalue weighted by Gasteiger charge is 2.66. The number of ketones is 1. The zero-order chi connectivity index (χ0) is 23.6. The van der Waals surface area contributed by atoms with E-state index in [0.717, 1.165) is 37.5 Å². The Bertz CT molecular complexity index is 907. The fourth-order valence-corrected chi connectivity index (χ4v) is 9.27. The Morgan fingerprint density at radius 1 is 0.879 bits per heavy atom. The molecule has 8 atom stereocenters. The molecule has 0 saturated heterocycles. The Kier molecular flexibility index (Phi) is 5.63. The highest BCUT2D eigenvalue weighted by Crippen LogP contribution is 2.68. The molecule has 182 valence electrons. The van der Waals surface area contributed by atoms with E-state index in [9.17, 15) is 4.79 Å². The van der Waals surface area contributed by atoms with Crippen LogP contribution in [0, 0.1) is 40.4 Å². The van der Waals surface area contributed by atoms with Crippen LogP contribution in [0.1, 0.15) is 88.9 Å². The van der Waals surface area contributed by atoms with Gasteiger partial charge >= 0.3 is 0 Å². The van der Waals surface area contributed by atoms with Crippen molar-refractivity contribution in [3.8, 4) is 11.5 Å². The van der Waals surface area contributed by atoms with E-state index in [-0.39, 0.29) is 22.7 Å². The summed E-state index contributed by atoms with van der Waals surface area (Å²) in [5.74, 6) is 4.33. The summed E-state index contributed by atoms with van der Waals surface area (Å²) in [5, 5.41) is 0. The van der Waals surface area contributed by atoms with E-state index in [2.05, 4.69) is 20.8 Å². The number of hydrogen-bond acceptors (Lipinski definition) is 4. The zero-order valence-corrected chi connectivity index (χ0v) is 21.3. The Labute approximate surface area is 200 Å². The number of nitrogens with two attached hydrogens (primary N) is 1. The highest BCUT2D eigenvalue weighted by molar-refractivity contribution is 5.99. The largest absolute Gasteiger partial charge is 0.497 e. The number of carbonyl (C=O) groups excluding carboxylic acids is 1. The zero-order valence-electron chi connectivity index (χ0n) is 21.3. The summed E-state index contributed by atoms with van der Waals surface area (Å²) in [6.07, 6.45) is 10.8. The molecule has 4 nitrogen and oxygen atoms in total. The maximum Gasteiger partial charge on any atom is 0.166 e. The normalized spacial score (nSPS) is 44.4. The van der Waals surface area contributed by atoms with Crippen molar-refractivity contribution in [3.05, 3.63) is 23.8 Å². The number of fused-ring (bicyclic) bond motifs is 5. The molecule has 4 heteroatoms. The molecule has 4 aliphatic carbocycles. The summed E-state index contributed by atoms with van der Waals surface area (Å²) in [4.78, 5) is 13.9. The number of carbonyl (C=O) groups is 1. The molecule has 0 heterocycles. The minimum atomic E-state index is -0.125. The second-order valence-corrected chi connectivity index (χ2v) is 12.5. The van der Waals surface area contributed by atoms with E-state index in [1.807, 2.05) is 18.2 Å². The molecule has 3 unspecified atom stereocenters. The summed E-state index contributed by atoms with van der Waals surface area (Å²) in [5.41, 5.74) is 8.44. The third-order valence-electron chi connectivity index (χ3n) is 11.1. The first-order valence-corrected chi connectivity index (χ1v) is 13.2. The monoisotopic (exact) mass is 453 g/mol. The molecule has 5 rings (SSSR count). The van der Waals surface area contributed by atoms with Crippen LogP contribution in [0.5, 0.6) is 11.5 Å². The third-order valence-corrected chi connectivity index (χ3v) is 11.1. The van der Waals surface area contributed by atoms with Crippen molar-refractivity contribution in [2.45, 2.75) is 84.1 Å². The van der Waals surface area contributed by atoms with Gasteiger partial charge in [0.1, 0.15) is 11.5 Å². The number of Topliss-reactive ketones (excluding diaryl/α,β-unsaturated/α-hetero) is 1. The van der Waals surface area contributed by atoms with E-state index in [0.29, 0.717) is 34.3 Å². The van der Waals surface area contributed by atoms with Gasteiger partial charge in [-0.2, -0.15) is 0 Å². The Morgan fingerprint density at radius 3 is 2.18 bits per heavy atom. The SMILES string of the molecule is COc1cc(OC)cc(C(=O)[C@H]2CCC3[C@]4(N)CCC5C[C@@H](C)CC[C@]5(C)C4CC[C@@]32C)c1. The fourth-order valence-electron chi connectivity index (χ4n) is 9.27. The molecule has 33 heavy (non-hydrogen) atoms. The predicted molar refractivity (Wildman–Crippen MR) is 132 cm³/mol. The van der Waals surface area contributed by atoms with Crippen molar-refractivity contribution in [2.24, 2.45) is 46.2 Å². The lowest BCUT2D eigenvalue weighted by atomic mass is 9.41. The van der Waals surface area contributed by atoms with Crippen molar-refractivity contribution in [3.63, 3.8) is 0 Å². The first-order chi connectivity index (χ1) is 15.7. The minimum Gasteiger partial charge on any atom is -0.497 e. The van der Waals surface area contributed by atoms with Crippen LogP contribution in [0.25, 0.3) is 0 Å². The van der Waals surface area contributed by atoms with Crippen LogP contribution in [-0.2, 0) is 0 Å². The molecule has 0 amide bonds. The summed E-state index contributed by atoms with van der Waals surface area (Å²) in [6.45, 7) is 7.38. The van der Waals surface area contributed by atoms with Crippen LogP contribution < -0.4 is 15.2 Å². The number of rotatable bonds is 4. The number of methoxy groups -OCH3 is 2. The van der Waals surface area contributed by atoms with E-state index in [1.165, 1.54) is 32.1 Å². The van der Waals surface area contributed by atoms with E-state index < -0.39 is 0 Å². The maximum absolute atomic E-state index is 13.9. The molecule has 1 aromatic rings. The molecule has 4 fully saturated rings. The molecule has 4 saturated carbocycles. The van der Waals surface area contributed by atoms with Crippen LogP contribution in [0.3, 0.4) is 0 Å². The predicted octanol–water partition coefficient (Wildman–Crippen LogP) is 6.26. The molecular weight excluding hydrogens is 410 g/mol. The van der Waals surface area contributed by atoms with Gasteiger partial charge in [0, 0.05) is 23.1 Å². The number of benzene rings is 1. The molecule has 1 aromatic carbocycles. The van der Waals surface area contributed by atoms with Gasteiger partial charge in [0.25, 0.3) is 0 Å². The number of ether oxygens (including phenoxy) is 2. The van der Waals surface area contributed by atoms with Crippen LogP contribution in [-0.4, -0.2) is 25.5 Å². The van der Waals surface area contributed by atoms with Crippen molar-refractivity contribution >= 4 is 5.78 Å². The summed E-state index contributed by atoms with van der Waals surface area (Å²) in [6, 6.07) is 5.59. The van der Waals surface area contributed by atoms with Crippen molar-refractivity contribution in [1.82, 2.24) is 0 Å². The van der Waals surface area contributed by atoms with E-state index >= 15 is 0 Å². The second-order valence-electron chi connectivity index (χ2n) is 12.5. The van der Waals surface area contributed by atoms with Gasteiger partial charge in [0.2, 0.25) is 0 Å². The number of hydrogen-bond donors (Lipinski definition) is 1. The van der Waals surface area contributed by atoms with Crippen molar-refractivity contribution in [1.29, 1.82) is 0 Å². The van der Waals surface area contributed by atoms with Gasteiger partial charge in [-0.1, -0.05) is 27.2 Å². The Morgan fingerprint density at radius 2 is 1.52 bits per heavy atom. The summed E-state index contributed by atoms with van der Waals surface area (Å²) in [7, 11) is 3.27. The maximum atomic E-state index is 13.9. The van der Waals surface area contributed by atoms with E-state index in [4.69, 9.17) is 15.2 Å². The van der Waals surface area contributed by atoms with Crippen molar-refractivity contribution < 1.29 is 14.3 Å². The standard InChI is InChI=1S/C29H43NO3/c1-18-8-11-27(2)20(14-18)9-13-29(30)24-7-6-23(28(24,3)12-10-25(27)29)26(31)19-15-21(32-4)17-22(16-19)33-5/h15-18,20,23-25H,6-14,30H2,1-5H3/t18-,20?,23+,24?,25?,27-,28+,29+/m0/s1. The van der Waals surface area contributed by atoms with Gasteiger partial charge in [0.15, 0.2) is 5.78 Å². The lowest BCUT2D eigenvalue weighted by Gasteiger charge is -2.65. The molecule has 0 spiro atoms. The van der Waals surface area contributed by atoms with E-state index in [1.54, 1.807) is 14.2 Å². The molecule has 2 N–H and O–H groups in total. The molecule has 0 aliphatic heterocycles.